The van der Waals surface area contributed by atoms with Crippen LogP contribution in [0.2, 0.25) is 0 Å². The molecule has 0 bridgehead atoms. The first-order valence-electron chi connectivity index (χ1n) is 6.66. The largest absolute Gasteiger partial charge is 0.371 e. The standard InChI is InChI=1S/C15H24N2O/c1-13-5-4-6-14(9-13)10-17(3)7-8-18-15(2)11-16-12-15/h4-6,9,16H,7-8,10-12H2,1-3H3. The van der Waals surface area contributed by atoms with Crippen molar-refractivity contribution in [3.05, 3.63) is 35.4 Å². The van der Waals surface area contributed by atoms with Crippen molar-refractivity contribution >= 4 is 0 Å². The lowest BCUT2D eigenvalue weighted by atomic mass is 10.0. The molecule has 1 aliphatic heterocycles. The number of nitrogens with one attached hydrogen (secondary N) is 1. The first-order chi connectivity index (χ1) is 8.57. The fourth-order valence-electron chi connectivity index (χ4n) is 2.23. The van der Waals surface area contributed by atoms with Crippen molar-refractivity contribution in [2.45, 2.75) is 26.0 Å². The average molecular weight is 248 g/mol. The van der Waals surface area contributed by atoms with Crippen molar-refractivity contribution in [3.8, 4) is 0 Å². The molecule has 0 amide bonds. The number of likely N-dealkylation sites (N-methyl/N-ethyl adjacent to an activating group) is 1. The average Bonchev–Trinajstić information content (AvgIpc) is 2.26. The Labute approximate surface area is 110 Å². The van der Waals surface area contributed by atoms with Crippen molar-refractivity contribution in [1.82, 2.24) is 10.2 Å². The molecule has 18 heavy (non-hydrogen) atoms. The molecule has 0 unspecified atom stereocenters. The van der Waals surface area contributed by atoms with Gasteiger partial charge in [0.1, 0.15) is 0 Å². The summed E-state index contributed by atoms with van der Waals surface area (Å²) in [5.41, 5.74) is 2.77. The van der Waals surface area contributed by atoms with E-state index in [9.17, 15) is 0 Å². The van der Waals surface area contributed by atoms with Gasteiger partial charge in [-0.2, -0.15) is 0 Å². The second kappa shape index (κ2) is 5.83. The summed E-state index contributed by atoms with van der Waals surface area (Å²) in [6.07, 6.45) is 0. The molecule has 0 aliphatic carbocycles. The Morgan fingerprint density at radius 3 is 2.78 bits per heavy atom. The van der Waals surface area contributed by atoms with Crippen molar-refractivity contribution in [2.75, 3.05) is 33.3 Å². The number of rotatable bonds is 6. The summed E-state index contributed by atoms with van der Waals surface area (Å²) in [7, 11) is 2.15. The van der Waals surface area contributed by atoms with Gasteiger partial charge < -0.3 is 10.1 Å². The normalized spacial score (nSPS) is 17.8. The van der Waals surface area contributed by atoms with Gasteiger partial charge in [-0.25, -0.2) is 0 Å². The van der Waals surface area contributed by atoms with E-state index in [1.807, 2.05) is 0 Å². The molecule has 1 aromatic carbocycles. The highest BCUT2D eigenvalue weighted by Crippen LogP contribution is 2.15. The second-order valence-electron chi connectivity index (χ2n) is 5.63. The van der Waals surface area contributed by atoms with Crippen molar-refractivity contribution in [3.63, 3.8) is 0 Å². The first-order valence-corrected chi connectivity index (χ1v) is 6.66. The summed E-state index contributed by atoms with van der Waals surface area (Å²) >= 11 is 0. The molecule has 1 N–H and O–H groups in total. The Morgan fingerprint density at radius 1 is 1.39 bits per heavy atom. The predicted octanol–water partition coefficient (Wildman–Crippen LogP) is 1.81. The highest BCUT2D eigenvalue weighted by Gasteiger charge is 2.32. The molecule has 1 fully saturated rings. The van der Waals surface area contributed by atoms with Gasteiger partial charge in [0.2, 0.25) is 0 Å². The zero-order chi connectivity index (χ0) is 13.0. The molecule has 0 aromatic heterocycles. The van der Waals surface area contributed by atoms with Gasteiger partial charge in [-0.3, -0.25) is 4.90 Å². The minimum Gasteiger partial charge on any atom is -0.371 e. The van der Waals surface area contributed by atoms with Crippen LogP contribution in [-0.4, -0.2) is 43.8 Å². The lowest BCUT2D eigenvalue weighted by Crippen LogP contribution is -2.59. The minimum atomic E-state index is 0.0736. The van der Waals surface area contributed by atoms with E-state index in [-0.39, 0.29) is 5.60 Å². The maximum atomic E-state index is 5.89. The van der Waals surface area contributed by atoms with Crippen LogP contribution in [0.4, 0.5) is 0 Å². The van der Waals surface area contributed by atoms with Crippen LogP contribution in [0.1, 0.15) is 18.1 Å². The quantitative estimate of drug-likeness (QED) is 0.831. The minimum absolute atomic E-state index is 0.0736. The van der Waals surface area contributed by atoms with Gasteiger partial charge in [-0.1, -0.05) is 29.8 Å². The monoisotopic (exact) mass is 248 g/mol. The summed E-state index contributed by atoms with van der Waals surface area (Å²) in [5, 5.41) is 3.25. The molecule has 1 aliphatic rings. The van der Waals surface area contributed by atoms with Crippen LogP contribution >= 0.6 is 0 Å². The van der Waals surface area contributed by atoms with E-state index >= 15 is 0 Å². The smallest absolute Gasteiger partial charge is 0.0902 e. The van der Waals surface area contributed by atoms with E-state index in [4.69, 9.17) is 4.74 Å². The zero-order valence-electron chi connectivity index (χ0n) is 11.7. The third-order valence-corrected chi connectivity index (χ3v) is 3.46. The van der Waals surface area contributed by atoms with Gasteiger partial charge in [-0.05, 0) is 26.5 Å². The highest BCUT2D eigenvalue weighted by molar-refractivity contribution is 5.21. The molecule has 1 saturated heterocycles. The Hall–Kier alpha value is -0.900. The van der Waals surface area contributed by atoms with E-state index in [1.165, 1.54) is 11.1 Å². The third kappa shape index (κ3) is 3.80. The maximum absolute atomic E-state index is 5.89. The fraction of sp³-hybridized carbons (Fsp3) is 0.600. The molecule has 100 valence electrons. The van der Waals surface area contributed by atoms with E-state index in [0.717, 1.165) is 32.8 Å². The zero-order valence-corrected chi connectivity index (χ0v) is 11.7. The second-order valence-corrected chi connectivity index (χ2v) is 5.63. The van der Waals surface area contributed by atoms with Gasteiger partial charge in [0.15, 0.2) is 0 Å². The molecule has 2 rings (SSSR count). The number of benzene rings is 1. The molecule has 0 atom stereocenters. The Kier molecular flexibility index (Phi) is 4.38. The van der Waals surface area contributed by atoms with Crippen molar-refractivity contribution in [1.29, 1.82) is 0 Å². The molecule has 1 aromatic rings. The number of hydrogen-bond donors (Lipinski definition) is 1. The molecular weight excluding hydrogens is 224 g/mol. The van der Waals surface area contributed by atoms with Gasteiger partial charge in [0, 0.05) is 26.2 Å². The Bertz CT molecular complexity index is 388. The SMILES string of the molecule is Cc1cccc(CN(C)CCOC2(C)CNC2)c1. The summed E-state index contributed by atoms with van der Waals surface area (Å²) in [5.74, 6) is 0. The van der Waals surface area contributed by atoms with Crippen LogP contribution in [-0.2, 0) is 11.3 Å². The van der Waals surface area contributed by atoms with Crippen LogP contribution in [0.3, 0.4) is 0 Å². The lowest BCUT2D eigenvalue weighted by molar-refractivity contribution is -0.0712. The van der Waals surface area contributed by atoms with Crippen molar-refractivity contribution in [2.24, 2.45) is 0 Å². The Morgan fingerprint density at radius 2 is 2.17 bits per heavy atom. The number of hydrogen-bond acceptors (Lipinski definition) is 3. The van der Waals surface area contributed by atoms with Crippen LogP contribution in [0.15, 0.2) is 24.3 Å². The predicted molar refractivity (Wildman–Crippen MR) is 74.7 cm³/mol. The van der Waals surface area contributed by atoms with Crippen LogP contribution in [0, 0.1) is 6.92 Å². The maximum Gasteiger partial charge on any atom is 0.0902 e. The first kappa shape index (κ1) is 13.5. The summed E-state index contributed by atoms with van der Waals surface area (Å²) < 4.78 is 5.89. The highest BCUT2D eigenvalue weighted by atomic mass is 16.5. The van der Waals surface area contributed by atoms with Gasteiger partial charge >= 0.3 is 0 Å². The summed E-state index contributed by atoms with van der Waals surface area (Å²) in [4.78, 5) is 2.31. The van der Waals surface area contributed by atoms with Crippen molar-refractivity contribution < 1.29 is 4.74 Å². The number of ether oxygens (including phenoxy) is 1. The van der Waals surface area contributed by atoms with Gasteiger partial charge in [0.05, 0.1) is 12.2 Å². The van der Waals surface area contributed by atoms with Gasteiger partial charge in [0.25, 0.3) is 0 Å². The van der Waals surface area contributed by atoms with Crippen LogP contribution in [0.5, 0.6) is 0 Å². The van der Waals surface area contributed by atoms with Crippen LogP contribution < -0.4 is 5.32 Å². The Balaban J connectivity index is 1.70. The van der Waals surface area contributed by atoms with E-state index < -0.39 is 0 Å². The number of aryl methyl sites for hydroxylation is 1. The molecule has 0 saturated carbocycles. The third-order valence-electron chi connectivity index (χ3n) is 3.46. The van der Waals surface area contributed by atoms with Crippen LogP contribution in [0.25, 0.3) is 0 Å². The van der Waals surface area contributed by atoms with E-state index in [1.54, 1.807) is 0 Å². The fourth-order valence-corrected chi connectivity index (χ4v) is 2.23. The topological polar surface area (TPSA) is 24.5 Å². The summed E-state index contributed by atoms with van der Waals surface area (Å²) in [6, 6.07) is 8.68. The van der Waals surface area contributed by atoms with E-state index in [0.29, 0.717) is 0 Å². The molecular formula is C15H24N2O. The molecule has 3 heteroatoms. The van der Waals surface area contributed by atoms with E-state index in [2.05, 4.69) is 55.4 Å². The molecule has 3 nitrogen and oxygen atoms in total. The molecule has 0 radical (unpaired) electrons. The summed E-state index contributed by atoms with van der Waals surface area (Å²) in [6.45, 7) is 9.04. The molecule has 1 heterocycles. The lowest BCUT2D eigenvalue weighted by Gasteiger charge is -2.39. The van der Waals surface area contributed by atoms with Gasteiger partial charge in [-0.15, -0.1) is 0 Å². The number of nitrogens with zero attached hydrogens (tertiary/aromatic N) is 1. The molecule has 0 spiro atoms.